The van der Waals surface area contributed by atoms with E-state index in [1.165, 1.54) is 18.4 Å². The molecular formula is C34H38ClN5O3. The van der Waals surface area contributed by atoms with Gasteiger partial charge < -0.3 is 19.3 Å². The number of imidazole rings is 1. The molecule has 1 aliphatic carbocycles. The number of fused-ring (bicyclic) bond motifs is 1. The molecule has 3 fully saturated rings. The summed E-state index contributed by atoms with van der Waals surface area (Å²) in [6.07, 6.45) is 3.53. The lowest BCUT2D eigenvalue weighted by atomic mass is 10.0. The zero-order chi connectivity index (χ0) is 29.7. The molecule has 2 saturated heterocycles. The highest BCUT2D eigenvalue weighted by Crippen LogP contribution is 2.52. The summed E-state index contributed by atoms with van der Waals surface area (Å²) in [7, 11) is 2.08. The number of aromatic carboxylic acids is 1. The van der Waals surface area contributed by atoms with Crippen LogP contribution in [0.3, 0.4) is 0 Å². The van der Waals surface area contributed by atoms with Gasteiger partial charge in [0.05, 0.1) is 46.5 Å². The van der Waals surface area contributed by atoms with Gasteiger partial charge >= 0.3 is 5.97 Å². The zero-order valence-corrected chi connectivity index (χ0v) is 25.6. The Morgan fingerprint density at radius 3 is 2.56 bits per heavy atom. The largest absolute Gasteiger partial charge is 0.478 e. The quantitative estimate of drug-likeness (QED) is 0.251. The molecule has 0 bridgehead atoms. The molecule has 1 saturated carbocycles. The lowest BCUT2D eigenvalue weighted by Gasteiger charge is -2.40. The Morgan fingerprint density at radius 2 is 1.88 bits per heavy atom. The molecular weight excluding hydrogens is 562 g/mol. The number of nitrogens with zero attached hydrogens (tertiary/aromatic N) is 5. The van der Waals surface area contributed by atoms with Crippen LogP contribution in [0.2, 0.25) is 5.02 Å². The number of ether oxygens (including phenoxy) is 1. The van der Waals surface area contributed by atoms with Crippen LogP contribution in [0.1, 0.15) is 46.6 Å². The molecule has 0 radical (unpaired) electrons. The number of rotatable bonds is 9. The van der Waals surface area contributed by atoms with Crippen LogP contribution in [0.4, 0.5) is 11.4 Å². The van der Waals surface area contributed by atoms with Gasteiger partial charge in [-0.05, 0) is 79.8 Å². The van der Waals surface area contributed by atoms with Gasteiger partial charge in [-0.1, -0.05) is 29.8 Å². The number of hydrogen-bond donors (Lipinski definition) is 1. The summed E-state index contributed by atoms with van der Waals surface area (Å²) in [6, 6.07) is 20.4. The van der Waals surface area contributed by atoms with Gasteiger partial charge in [-0.25, -0.2) is 9.78 Å². The van der Waals surface area contributed by atoms with Gasteiger partial charge in [0.1, 0.15) is 5.82 Å². The molecule has 2 aliphatic heterocycles. The number of aromatic nitrogens is 2. The first-order chi connectivity index (χ1) is 20.8. The van der Waals surface area contributed by atoms with Crippen LogP contribution in [0, 0.1) is 6.92 Å². The highest BCUT2D eigenvalue weighted by atomic mass is 35.5. The van der Waals surface area contributed by atoms with Gasteiger partial charge in [0.25, 0.3) is 0 Å². The monoisotopic (exact) mass is 599 g/mol. The first kappa shape index (κ1) is 28.3. The third kappa shape index (κ3) is 5.42. The second-order valence-electron chi connectivity index (χ2n) is 12.3. The van der Waals surface area contributed by atoms with E-state index in [-0.39, 0.29) is 17.2 Å². The minimum atomic E-state index is -0.919. The third-order valence-corrected chi connectivity index (χ3v) is 9.86. The standard InChI is InChI=1S/C34H38ClN5O3/c1-23-6-9-30(28(35)18-23)37(2)26-5-3-4-25(20-26)34(11-12-34)39-15-13-38(14-16-39)22-32-36-29-8-7-24(33(41)42)19-31(29)40(32)21-27-10-17-43-27/h3-9,18-20,27H,10-17,21-22H2,1-2H3,(H,41,42)/t27-/m0/s1. The molecule has 1 aromatic heterocycles. The van der Waals surface area contributed by atoms with E-state index >= 15 is 0 Å². The van der Waals surface area contributed by atoms with Gasteiger partial charge in [0, 0.05) is 51.1 Å². The summed E-state index contributed by atoms with van der Waals surface area (Å²) in [6.45, 7) is 8.21. The van der Waals surface area contributed by atoms with Crippen molar-refractivity contribution in [2.75, 3.05) is 44.7 Å². The van der Waals surface area contributed by atoms with Gasteiger partial charge in [0.2, 0.25) is 0 Å². The van der Waals surface area contributed by atoms with Crippen molar-refractivity contribution in [2.24, 2.45) is 0 Å². The second-order valence-corrected chi connectivity index (χ2v) is 12.7. The van der Waals surface area contributed by atoms with Crippen LogP contribution in [0.25, 0.3) is 11.0 Å². The number of carbonyl (C=O) groups is 1. The van der Waals surface area contributed by atoms with Crippen molar-refractivity contribution >= 4 is 40.0 Å². The van der Waals surface area contributed by atoms with Gasteiger partial charge in [-0.2, -0.15) is 0 Å². The molecule has 43 heavy (non-hydrogen) atoms. The molecule has 224 valence electrons. The Morgan fingerprint density at radius 1 is 1.09 bits per heavy atom. The molecule has 8 nitrogen and oxygen atoms in total. The van der Waals surface area contributed by atoms with Crippen molar-refractivity contribution in [3.05, 3.63) is 88.2 Å². The molecule has 0 spiro atoms. The molecule has 3 aromatic carbocycles. The van der Waals surface area contributed by atoms with E-state index in [1.807, 2.05) is 12.1 Å². The highest BCUT2D eigenvalue weighted by molar-refractivity contribution is 6.33. The summed E-state index contributed by atoms with van der Waals surface area (Å²) in [5.41, 5.74) is 6.79. The van der Waals surface area contributed by atoms with Crippen molar-refractivity contribution in [3.8, 4) is 0 Å². The lowest BCUT2D eigenvalue weighted by molar-refractivity contribution is -0.0592. The van der Waals surface area contributed by atoms with Gasteiger partial charge in [-0.15, -0.1) is 0 Å². The predicted molar refractivity (Wildman–Crippen MR) is 170 cm³/mol. The maximum Gasteiger partial charge on any atom is 0.335 e. The Balaban J connectivity index is 1.06. The molecule has 9 heteroatoms. The number of aryl methyl sites for hydroxylation is 1. The van der Waals surface area contributed by atoms with Crippen molar-refractivity contribution in [2.45, 2.75) is 50.9 Å². The predicted octanol–water partition coefficient (Wildman–Crippen LogP) is 6.06. The van der Waals surface area contributed by atoms with E-state index < -0.39 is 5.97 Å². The third-order valence-electron chi connectivity index (χ3n) is 9.56. The van der Waals surface area contributed by atoms with Crippen molar-refractivity contribution in [1.29, 1.82) is 0 Å². The lowest BCUT2D eigenvalue weighted by Crippen LogP contribution is -2.50. The van der Waals surface area contributed by atoms with E-state index in [2.05, 4.69) is 69.6 Å². The summed E-state index contributed by atoms with van der Waals surface area (Å²) in [5, 5.41) is 10.3. The van der Waals surface area contributed by atoms with E-state index in [4.69, 9.17) is 21.3 Å². The van der Waals surface area contributed by atoms with Gasteiger partial charge in [-0.3, -0.25) is 9.80 Å². The maximum absolute atomic E-state index is 11.7. The fourth-order valence-corrected chi connectivity index (χ4v) is 7.09. The SMILES string of the molecule is Cc1ccc(N(C)c2cccc(C3(N4CCN(Cc5nc6ccc(C(=O)O)cc6n5C[C@@H]5CCO5)CC4)CC3)c2)c(Cl)c1. The Labute approximate surface area is 257 Å². The van der Waals surface area contributed by atoms with E-state index in [9.17, 15) is 9.90 Å². The number of carboxylic acid groups (broad SMARTS) is 1. The summed E-state index contributed by atoms with van der Waals surface area (Å²) in [5.74, 6) is 0.0606. The Kier molecular flexibility index (Phi) is 7.42. The van der Waals surface area contributed by atoms with Crippen molar-refractivity contribution in [1.82, 2.24) is 19.4 Å². The fourth-order valence-electron chi connectivity index (χ4n) is 6.73. The highest BCUT2D eigenvalue weighted by Gasteiger charge is 2.50. The normalized spacial score (nSPS) is 20.2. The molecule has 1 atom stereocenters. The zero-order valence-electron chi connectivity index (χ0n) is 24.8. The van der Waals surface area contributed by atoms with Crippen LogP contribution in [-0.4, -0.2) is 76.4 Å². The number of carboxylic acids is 1. The minimum absolute atomic E-state index is 0.0992. The average molecular weight is 600 g/mol. The van der Waals surface area contributed by atoms with Crippen molar-refractivity contribution in [3.63, 3.8) is 0 Å². The fraction of sp³-hybridized carbons (Fsp3) is 0.412. The van der Waals surface area contributed by atoms with Crippen LogP contribution < -0.4 is 4.90 Å². The molecule has 7 rings (SSSR count). The molecule has 0 unspecified atom stereocenters. The first-order valence-corrected chi connectivity index (χ1v) is 15.6. The topological polar surface area (TPSA) is 74.1 Å². The smallest absolute Gasteiger partial charge is 0.335 e. The molecule has 0 amide bonds. The number of piperazine rings is 1. The number of hydrogen-bond acceptors (Lipinski definition) is 6. The van der Waals surface area contributed by atoms with E-state index in [0.717, 1.165) is 84.6 Å². The average Bonchev–Trinajstić information content (AvgIpc) is 3.72. The summed E-state index contributed by atoms with van der Waals surface area (Å²) < 4.78 is 7.92. The van der Waals surface area contributed by atoms with Crippen LogP contribution in [0.5, 0.6) is 0 Å². The maximum atomic E-state index is 11.7. The first-order valence-electron chi connectivity index (χ1n) is 15.2. The van der Waals surface area contributed by atoms with Crippen LogP contribution >= 0.6 is 11.6 Å². The molecule has 4 aromatic rings. The van der Waals surface area contributed by atoms with Crippen LogP contribution in [-0.2, 0) is 23.4 Å². The minimum Gasteiger partial charge on any atom is -0.478 e. The molecule has 1 N–H and O–H groups in total. The number of benzene rings is 3. The summed E-state index contributed by atoms with van der Waals surface area (Å²) >= 11 is 6.61. The number of anilines is 2. The Hall–Kier alpha value is -3.43. The summed E-state index contributed by atoms with van der Waals surface area (Å²) in [4.78, 5) is 23.9. The number of halogens is 1. The van der Waals surface area contributed by atoms with E-state index in [0.29, 0.717) is 6.54 Å². The van der Waals surface area contributed by atoms with Gasteiger partial charge in [0.15, 0.2) is 0 Å². The molecule has 3 aliphatic rings. The second kappa shape index (κ2) is 11.2. The van der Waals surface area contributed by atoms with Crippen molar-refractivity contribution < 1.29 is 14.6 Å². The van der Waals surface area contributed by atoms with Crippen LogP contribution in [0.15, 0.2) is 60.7 Å². The molecule has 3 heterocycles. The Bertz CT molecular complexity index is 1670. The van der Waals surface area contributed by atoms with E-state index in [1.54, 1.807) is 12.1 Å².